The third kappa shape index (κ3) is 6.09. The average Bonchev–Trinajstić information content (AvgIpc) is 2.45. The van der Waals surface area contributed by atoms with Crippen LogP contribution >= 0.6 is 12.2 Å². The van der Waals surface area contributed by atoms with E-state index in [9.17, 15) is 8.42 Å². The van der Waals surface area contributed by atoms with Crippen LogP contribution in [0.15, 0.2) is 29.2 Å². The number of rotatable bonds is 9. The lowest BCUT2D eigenvalue weighted by molar-refractivity contribution is 0.181. The summed E-state index contributed by atoms with van der Waals surface area (Å²) in [5, 5.41) is 0. The second kappa shape index (κ2) is 8.43. The highest BCUT2D eigenvalue weighted by Crippen LogP contribution is 2.12. The van der Waals surface area contributed by atoms with E-state index in [4.69, 9.17) is 22.7 Å². The molecule has 0 aromatic heterocycles. The van der Waals surface area contributed by atoms with E-state index in [1.54, 1.807) is 31.4 Å². The fraction of sp³-hybridized carbons (Fsp3) is 0.500. The molecule has 1 aromatic carbocycles. The summed E-state index contributed by atoms with van der Waals surface area (Å²) in [6.07, 6.45) is 0.885. The molecule has 0 unspecified atom stereocenters. The molecule has 1 aromatic rings. The van der Waals surface area contributed by atoms with Crippen LogP contribution in [-0.2, 0) is 14.6 Å². The Morgan fingerprint density at radius 3 is 2.43 bits per heavy atom. The van der Waals surface area contributed by atoms with Crippen LogP contribution < -0.4 is 5.73 Å². The normalized spacial score (nSPS) is 11.8. The van der Waals surface area contributed by atoms with E-state index in [2.05, 4.69) is 0 Å². The van der Waals surface area contributed by atoms with Gasteiger partial charge in [0.15, 0.2) is 9.84 Å². The van der Waals surface area contributed by atoms with E-state index >= 15 is 0 Å². The number of thiocarbonyl (C=S) groups is 1. The van der Waals surface area contributed by atoms with Crippen molar-refractivity contribution in [1.29, 1.82) is 0 Å². The molecule has 5 nitrogen and oxygen atoms in total. The Kier molecular flexibility index (Phi) is 7.24. The lowest BCUT2D eigenvalue weighted by atomic mass is 10.2. The highest BCUT2D eigenvalue weighted by molar-refractivity contribution is 7.91. The minimum atomic E-state index is -3.29. The van der Waals surface area contributed by atoms with E-state index in [1.165, 1.54) is 0 Å². The summed E-state index contributed by atoms with van der Waals surface area (Å²) in [6.45, 7) is 1.98. The largest absolute Gasteiger partial charge is 0.389 e. The zero-order valence-electron chi connectivity index (χ0n) is 12.4. The number of benzene rings is 1. The van der Waals surface area contributed by atoms with Crippen molar-refractivity contribution in [3.8, 4) is 0 Å². The summed E-state index contributed by atoms with van der Waals surface area (Å²) in [5.74, 6) is 0.0862. The van der Waals surface area contributed by atoms with E-state index in [0.29, 0.717) is 23.6 Å². The first-order valence-electron chi connectivity index (χ1n) is 6.67. The van der Waals surface area contributed by atoms with Crippen LogP contribution in [0.1, 0.15) is 12.0 Å². The average molecular weight is 330 g/mol. The molecule has 118 valence electrons. The molecular weight excluding hydrogens is 308 g/mol. The Bertz CT molecular complexity index is 556. The van der Waals surface area contributed by atoms with Crippen molar-refractivity contribution in [3.63, 3.8) is 0 Å². The third-order valence-electron chi connectivity index (χ3n) is 3.13. The molecule has 7 heteroatoms. The quantitative estimate of drug-likeness (QED) is 0.539. The van der Waals surface area contributed by atoms with Crippen LogP contribution in [0.2, 0.25) is 0 Å². The van der Waals surface area contributed by atoms with Gasteiger partial charge in [0, 0.05) is 32.4 Å². The van der Waals surface area contributed by atoms with Crippen LogP contribution in [-0.4, -0.2) is 57.9 Å². The SMILES string of the molecule is COCCCN(C)CCS(=O)(=O)c1ccc(C(N)=S)cc1. The molecule has 0 atom stereocenters. The van der Waals surface area contributed by atoms with Crippen LogP contribution in [0, 0.1) is 0 Å². The molecule has 21 heavy (non-hydrogen) atoms. The summed E-state index contributed by atoms with van der Waals surface area (Å²) in [4.78, 5) is 2.55. The van der Waals surface area contributed by atoms with Crippen molar-refractivity contribution >= 4 is 27.0 Å². The molecule has 2 N–H and O–H groups in total. The predicted octanol–water partition coefficient (Wildman–Crippen LogP) is 1.06. The maximum atomic E-state index is 12.2. The van der Waals surface area contributed by atoms with Crippen molar-refractivity contribution in [2.75, 3.05) is 39.6 Å². The number of methoxy groups -OCH3 is 1. The predicted molar refractivity (Wildman–Crippen MR) is 88.4 cm³/mol. The van der Waals surface area contributed by atoms with Gasteiger partial charge in [-0.05, 0) is 25.6 Å². The Hall–Kier alpha value is -1.02. The molecule has 1 rings (SSSR count). The minimum absolute atomic E-state index is 0.0862. The highest BCUT2D eigenvalue weighted by atomic mass is 32.2. The van der Waals surface area contributed by atoms with E-state index < -0.39 is 9.84 Å². The minimum Gasteiger partial charge on any atom is -0.389 e. The standard InChI is InChI=1S/C14H22N2O3S2/c1-16(8-3-10-19-2)9-11-21(17,18)13-6-4-12(5-7-13)14(15)20/h4-7H,3,8-11H2,1-2H3,(H2,15,20). The molecule has 0 bridgehead atoms. The third-order valence-corrected chi connectivity index (χ3v) is 5.07. The van der Waals surface area contributed by atoms with Gasteiger partial charge in [-0.1, -0.05) is 24.4 Å². The fourth-order valence-electron chi connectivity index (χ4n) is 1.81. The van der Waals surface area contributed by atoms with Gasteiger partial charge in [0.25, 0.3) is 0 Å². The maximum Gasteiger partial charge on any atom is 0.179 e. The van der Waals surface area contributed by atoms with Gasteiger partial charge in [-0.3, -0.25) is 0 Å². The molecular formula is C14H22N2O3S2. The van der Waals surface area contributed by atoms with Gasteiger partial charge in [0.2, 0.25) is 0 Å². The highest BCUT2D eigenvalue weighted by Gasteiger charge is 2.15. The number of hydrogen-bond donors (Lipinski definition) is 1. The van der Waals surface area contributed by atoms with Crippen LogP contribution in [0.25, 0.3) is 0 Å². The monoisotopic (exact) mass is 330 g/mol. The van der Waals surface area contributed by atoms with Crippen molar-refractivity contribution < 1.29 is 13.2 Å². The summed E-state index contributed by atoms with van der Waals surface area (Å²) in [6, 6.07) is 6.37. The van der Waals surface area contributed by atoms with E-state index in [0.717, 1.165) is 13.0 Å². The Morgan fingerprint density at radius 1 is 1.29 bits per heavy atom. The Labute approximate surface area is 132 Å². The van der Waals surface area contributed by atoms with Crippen LogP contribution in [0.4, 0.5) is 0 Å². The van der Waals surface area contributed by atoms with Crippen LogP contribution in [0.3, 0.4) is 0 Å². The van der Waals surface area contributed by atoms with Crippen molar-refractivity contribution in [1.82, 2.24) is 4.90 Å². The lowest BCUT2D eigenvalue weighted by Crippen LogP contribution is -2.27. The maximum absolute atomic E-state index is 12.2. The number of nitrogens with zero attached hydrogens (tertiary/aromatic N) is 1. The van der Waals surface area contributed by atoms with Gasteiger partial charge in [-0.2, -0.15) is 0 Å². The van der Waals surface area contributed by atoms with Gasteiger partial charge in [0.1, 0.15) is 4.99 Å². The van der Waals surface area contributed by atoms with Crippen molar-refractivity contribution in [2.24, 2.45) is 5.73 Å². The molecule has 0 aliphatic rings. The summed E-state index contributed by atoms with van der Waals surface area (Å²) >= 11 is 4.85. The Morgan fingerprint density at radius 2 is 1.90 bits per heavy atom. The second-order valence-corrected chi connectivity index (χ2v) is 7.41. The smallest absolute Gasteiger partial charge is 0.179 e. The second-order valence-electron chi connectivity index (χ2n) is 4.86. The molecule has 0 fully saturated rings. The van der Waals surface area contributed by atoms with Gasteiger partial charge in [0.05, 0.1) is 10.6 Å². The molecule has 0 saturated heterocycles. The first kappa shape index (κ1) is 18.0. The number of ether oxygens (including phenoxy) is 1. The zero-order chi connectivity index (χ0) is 15.9. The fourth-order valence-corrected chi connectivity index (χ4v) is 3.29. The van der Waals surface area contributed by atoms with E-state index in [1.807, 2.05) is 11.9 Å². The first-order chi connectivity index (χ1) is 9.86. The molecule has 0 aliphatic carbocycles. The molecule has 0 aliphatic heterocycles. The molecule has 0 radical (unpaired) electrons. The van der Waals surface area contributed by atoms with Gasteiger partial charge in [-0.25, -0.2) is 8.42 Å². The number of nitrogens with two attached hydrogens (primary N) is 1. The number of hydrogen-bond acceptors (Lipinski definition) is 5. The molecule has 0 amide bonds. The summed E-state index contributed by atoms with van der Waals surface area (Å²) in [5.41, 5.74) is 6.16. The van der Waals surface area contributed by atoms with Gasteiger partial charge in [-0.15, -0.1) is 0 Å². The van der Waals surface area contributed by atoms with E-state index in [-0.39, 0.29) is 10.7 Å². The topological polar surface area (TPSA) is 72.6 Å². The molecule has 0 saturated carbocycles. The molecule has 0 heterocycles. The first-order valence-corrected chi connectivity index (χ1v) is 8.73. The van der Waals surface area contributed by atoms with Gasteiger partial charge < -0.3 is 15.4 Å². The van der Waals surface area contributed by atoms with Crippen molar-refractivity contribution in [2.45, 2.75) is 11.3 Å². The summed E-state index contributed by atoms with van der Waals surface area (Å²) < 4.78 is 29.4. The van der Waals surface area contributed by atoms with Gasteiger partial charge >= 0.3 is 0 Å². The van der Waals surface area contributed by atoms with Crippen LogP contribution in [0.5, 0.6) is 0 Å². The Balaban J connectivity index is 2.58. The summed E-state index contributed by atoms with van der Waals surface area (Å²) in [7, 11) is 0.272. The lowest BCUT2D eigenvalue weighted by Gasteiger charge is -2.16. The number of sulfone groups is 1. The molecule has 0 spiro atoms. The van der Waals surface area contributed by atoms with Crippen molar-refractivity contribution in [3.05, 3.63) is 29.8 Å². The zero-order valence-corrected chi connectivity index (χ0v) is 14.0.